The van der Waals surface area contributed by atoms with Crippen LogP contribution in [0.1, 0.15) is 16.1 Å². The van der Waals surface area contributed by atoms with Gasteiger partial charge in [0.05, 0.1) is 5.56 Å². The maximum absolute atomic E-state index is 11.8. The molecule has 6 heteroatoms. The molecule has 0 aliphatic carbocycles. The molecule has 0 saturated carbocycles. The molecule has 3 rings (SSSR count). The average Bonchev–Trinajstić information content (AvgIpc) is 2.79. The number of aromatic carboxylic acids is 1. The minimum atomic E-state index is -0.994. The van der Waals surface area contributed by atoms with Gasteiger partial charge in [-0.1, -0.05) is 6.07 Å². The predicted molar refractivity (Wildman–Crippen MR) is 92.2 cm³/mol. The summed E-state index contributed by atoms with van der Waals surface area (Å²) in [5.74, 6) is -0.953. The quantitative estimate of drug-likeness (QED) is 0.771. The lowest BCUT2D eigenvalue weighted by molar-refractivity contribution is 0.0696. The first-order valence-corrected chi connectivity index (χ1v) is 7.53. The molecule has 0 bridgehead atoms. The zero-order chi connectivity index (χ0) is 17.4. The summed E-state index contributed by atoms with van der Waals surface area (Å²) in [6.07, 6.45) is 3.34. The summed E-state index contributed by atoms with van der Waals surface area (Å²) in [7, 11) is 5.63. The molecule has 2 N–H and O–H groups in total. The Morgan fingerprint density at radius 1 is 1.33 bits per heavy atom. The van der Waals surface area contributed by atoms with Gasteiger partial charge in [-0.25, -0.2) is 4.79 Å². The average molecular weight is 325 g/mol. The summed E-state index contributed by atoms with van der Waals surface area (Å²) >= 11 is 0. The van der Waals surface area contributed by atoms with Crippen molar-refractivity contribution < 1.29 is 15.0 Å². The van der Waals surface area contributed by atoms with Gasteiger partial charge < -0.3 is 19.7 Å². The molecule has 24 heavy (non-hydrogen) atoms. The molecule has 0 saturated heterocycles. The van der Waals surface area contributed by atoms with Crippen molar-refractivity contribution in [3.8, 4) is 16.9 Å². The van der Waals surface area contributed by atoms with Crippen molar-refractivity contribution in [1.29, 1.82) is 0 Å². The van der Waals surface area contributed by atoms with Crippen LogP contribution in [0.4, 0.5) is 0 Å². The van der Waals surface area contributed by atoms with Gasteiger partial charge in [0.1, 0.15) is 5.75 Å². The lowest BCUT2D eigenvalue weighted by atomic mass is 10.0. The highest BCUT2D eigenvalue weighted by atomic mass is 16.4. The lowest BCUT2D eigenvalue weighted by Gasteiger charge is -2.12. The van der Waals surface area contributed by atoms with E-state index in [9.17, 15) is 15.0 Å². The maximum Gasteiger partial charge on any atom is 0.338 e. The summed E-state index contributed by atoms with van der Waals surface area (Å²) in [5, 5.41) is 20.6. The lowest BCUT2D eigenvalue weighted by Crippen LogP contribution is -2.16. The number of hydrogen-bond donors (Lipinski definition) is 2. The zero-order valence-electron chi connectivity index (χ0n) is 13.8. The van der Waals surface area contributed by atoms with Gasteiger partial charge >= 0.3 is 5.97 Å². The highest BCUT2D eigenvalue weighted by molar-refractivity contribution is 6.06. The molecular formula is C18H19N3O3. The largest absolute Gasteiger partial charge is 0.507 e. The molecule has 0 atom stereocenters. The Morgan fingerprint density at radius 2 is 2.08 bits per heavy atom. The molecule has 6 nitrogen and oxygen atoms in total. The molecular weight excluding hydrogens is 306 g/mol. The Balaban J connectivity index is 2.31. The minimum absolute atomic E-state index is 0.0417. The van der Waals surface area contributed by atoms with E-state index in [2.05, 4.69) is 4.98 Å². The second-order valence-corrected chi connectivity index (χ2v) is 6.05. The van der Waals surface area contributed by atoms with E-state index in [0.717, 1.165) is 11.1 Å². The molecule has 0 spiro atoms. The normalized spacial score (nSPS) is 11.3. The van der Waals surface area contributed by atoms with E-state index in [1.807, 2.05) is 42.7 Å². The Labute approximate surface area is 139 Å². The highest BCUT2D eigenvalue weighted by Gasteiger charge is 2.22. The van der Waals surface area contributed by atoms with Crippen molar-refractivity contribution in [3.05, 3.63) is 47.9 Å². The Hall–Kier alpha value is -2.86. The first-order valence-electron chi connectivity index (χ1n) is 7.53. The highest BCUT2D eigenvalue weighted by Crippen LogP contribution is 2.36. The van der Waals surface area contributed by atoms with E-state index in [1.165, 1.54) is 6.07 Å². The Kier molecular flexibility index (Phi) is 3.99. The van der Waals surface area contributed by atoms with Crippen molar-refractivity contribution in [2.24, 2.45) is 7.05 Å². The fraction of sp³-hybridized carbons (Fsp3) is 0.222. The second kappa shape index (κ2) is 5.98. The number of carboxylic acid groups (broad SMARTS) is 1. The molecule has 2 heterocycles. The number of phenols is 1. The van der Waals surface area contributed by atoms with Crippen LogP contribution in [0, 0.1) is 0 Å². The summed E-state index contributed by atoms with van der Waals surface area (Å²) in [6.45, 7) is 0.496. The molecule has 0 aliphatic rings. The van der Waals surface area contributed by atoms with Gasteiger partial charge in [-0.2, -0.15) is 0 Å². The minimum Gasteiger partial charge on any atom is -0.507 e. The fourth-order valence-corrected chi connectivity index (χ4v) is 3.00. The maximum atomic E-state index is 11.8. The molecule has 0 aliphatic heterocycles. The van der Waals surface area contributed by atoms with Crippen molar-refractivity contribution in [3.63, 3.8) is 0 Å². The number of pyridine rings is 1. The van der Waals surface area contributed by atoms with Gasteiger partial charge in [0, 0.05) is 53.7 Å². The molecule has 0 unspecified atom stereocenters. The van der Waals surface area contributed by atoms with Crippen LogP contribution in [-0.4, -0.2) is 44.7 Å². The van der Waals surface area contributed by atoms with Crippen molar-refractivity contribution in [2.45, 2.75) is 6.54 Å². The van der Waals surface area contributed by atoms with Crippen LogP contribution in [-0.2, 0) is 13.6 Å². The van der Waals surface area contributed by atoms with Crippen molar-refractivity contribution >= 4 is 16.9 Å². The number of rotatable bonds is 4. The molecule has 0 radical (unpaired) electrons. The third kappa shape index (κ3) is 2.61. The van der Waals surface area contributed by atoms with Crippen LogP contribution in [0.5, 0.6) is 5.75 Å². The molecule has 124 valence electrons. The van der Waals surface area contributed by atoms with E-state index in [4.69, 9.17) is 0 Å². The van der Waals surface area contributed by atoms with E-state index in [1.54, 1.807) is 18.5 Å². The standard InChI is InChI=1S/C18H19N3O3/c1-20(2)10-15-17(18(23)24)13-8-16(22)12(7-14(13)21(15)3)11-5-4-6-19-9-11/h4-9,22H,10H2,1-3H3,(H,23,24). The second-order valence-electron chi connectivity index (χ2n) is 6.05. The van der Waals surface area contributed by atoms with Crippen LogP contribution in [0.25, 0.3) is 22.0 Å². The number of fused-ring (bicyclic) bond motifs is 1. The summed E-state index contributed by atoms with van der Waals surface area (Å²) < 4.78 is 1.87. The van der Waals surface area contributed by atoms with Gasteiger partial charge in [0.15, 0.2) is 0 Å². The van der Waals surface area contributed by atoms with Crippen molar-refractivity contribution in [1.82, 2.24) is 14.5 Å². The number of carboxylic acids is 1. The van der Waals surface area contributed by atoms with Crippen LogP contribution >= 0.6 is 0 Å². The number of carbonyl (C=O) groups is 1. The number of hydrogen-bond acceptors (Lipinski definition) is 4. The number of aryl methyl sites for hydroxylation is 1. The van der Waals surface area contributed by atoms with E-state index in [0.29, 0.717) is 23.2 Å². The first kappa shape index (κ1) is 16.0. The Bertz CT molecular complexity index is 914. The molecule has 1 aromatic carbocycles. The predicted octanol–water partition coefficient (Wildman–Crippen LogP) is 2.71. The SMILES string of the molecule is CN(C)Cc1c(C(=O)O)c2cc(O)c(-c3cccnc3)cc2n1C. The molecule has 0 amide bonds. The molecule has 3 aromatic rings. The number of benzene rings is 1. The van der Waals surface area contributed by atoms with Gasteiger partial charge in [-0.15, -0.1) is 0 Å². The summed E-state index contributed by atoms with van der Waals surface area (Å²) in [4.78, 5) is 17.8. The monoisotopic (exact) mass is 325 g/mol. The topological polar surface area (TPSA) is 78.6 Å². The smallest absolute Gasteiger partial charge is 0.338 e. The van der Waals surface area contributed by atoms with E-state index in [-0.39, 0.29) is 11.3 Å². The van der Waals surface area contributed by atoms with Crippen LogP contribution in [0.2, 0.25) is 0 Å². The zero-order valence-corrected chi connectivity index (χ0v) is 13.8. The van der Waals surface area contributed by atoms with Crippen LogP contribution in [0.3, 0.4) is 0 Å². The number of aromatic nitrogens is 2. The third-order valence-corrected chi connectivity index (χ3v) is 4.09. The number of aromatic hydroxyl groups is 1. The van der Waals surface area contributed by atoms with Gasteiger partial charge in [-0.3, -0.25) is 4.98 Å². The molecule has 0 fully saturated rings. The van der Waals surface area contributed by atoms with Gasteiger partial charge in [-0.05, 0) is 32.3 Å². The molecule has 2 aromatic heterocycles. The fourth-order valence-electron chi connectivity index (χ4n) is 3.00. The first-order chi connectivity index (χ1) is 11.4. The van der Waals surface area contributed by atoms with Crippen LogP contribution < -0.4 is 0 Å². The van der Waals surface area contributed by atoms with Gasteiger partial charge in [0.25, 0.3) is 0 Å². The number of nitrogens with zero attached hydrogens (tertiary/aromatic N) is 3. The third-order valence-electron chi connectivity index (χ3n) is 4.09. The van der Waals surface area contributed by atoms with Crippen LogP contribution in [0.15, 0.2) is 36.7 Å². The summed E-state index contributed by atoms with van der Waals surface area (Å²) in [5.41, 5.74) is 3.11. The van der Waals surface area contributed by atoms with Gasteiger partial charge in [0.2, 0.25) is 0 Å². The number of phenolic OH excluding ortho intramolecular Hbond substituents is 1. The van der Waals surface area contributed by atoms with Crippen molar-refractivity contribution in [2.75, 3.05) is 14.1 Å². The van der Waals surface area contributed by atoms with E-state index < -0.39 is 5.97 Å². The van der Waals surface area contributed by atoms with E-state index >= 15 is 0 Å². The summed E-state index contributed by atoms with van der Waals surface area (Å²) in [6, 6.07) is 6.99. The Morgan fingerprint density at radius 3 is 2.67 bits per heavy atom.